The third kappa shape index (κ3) is 4.10. The number of fused-ring (bicyclic) bond motifs is 5. The molecule has 0 saturated carbocycles. The highest BCUT2D eigenvalue weighted by Gasteiger charge is 2.37. The van der Waals surface area contributed by atoms with E-state index in [0.717, 1.165) is 36.0 Å². The molecule has 0 radical (unpaired) electrons. The van der Waals surface area contributed by atoms with Crippen molar-refractivity contribution in [3.8, 4) is 5.75 Å². The molecule has 2 amide bonds. The molecule has 2 aromatic carbocycles. The number of nitrogens with one attached hydrogen (secondary N) is 4. The van der Waals surface area contributed by atoms with E-state index < -0.39 is 0 Å². The van der Waals surface area contributed by atoms with Crippen molar-refractivity contribution in [2.24, 2.45) is 0 Å². The third-order valence-corrected chi connectivity index (χ3v) is 8.04. The maximum Gasteiger partial charge on any atom is 0.320 e. The molecule has 3 aliphatic rings. The maximum atomic E-state index is 12.9. The standard InChI is InChI=1S/C25H25ClN6O2S/c1-34-20-5-3-2-4-18(20)28-25(33)29-19-10-11-21-23(19)17-12-31(16-8-6-15(26)7-9-16)13-22-30-27-14-32(22)24(17)35-21/h2-11,19,22,27,30H,12-14H2,1H3,(H2,28,29,33). The number of thiophene rings is 1. The number of carbonyl (C=O) groups excluding carboxylic acids is 1. The highest BCUT2D eigenvalue weighted by atomic mass is 35.5. The van der Waals surface area contributed by atoms with E-state index in [9.17, 15) is 4.79 Å². The van der Waals surface area contributed by atoms with Gasteiger partial charge in [0.1, 0.15) is 11.9 Å². The van der Waals surface area contributed by atoms with Crippen molar-refractivity contribution in [2.45, 2.75) is 18.8 Å². The molecule has 3 aromatic rings. The Morgan fingerprint density at radius 1 is 1.20 bits per heavy atom. The highest BCUT2D eigenvalue weighted by Crippen LogP contribution is 2.47. The van der Waals surface area contributed by atoms with Crippen molar-refractivity contribution < 1.29 is 9.53 Å². The predicted molar refractivity (Wildman–Crippen MR) is 141 cm³/mol. The Kier molecular flexibility index (Phi) is 5.77. The van der Waals surface area contributed by atoms with Crippen molar-refractivity contribution in [3.05, 3.63) is 75.6 Å². The normalized spacial score (nSPS) is 20.2. The lowest BCUT2D eigenvalue weighted by atomic mass is 10.1. The molecule has 1 aliphatic carbocycles. The molecule has 4 N–H and O–H groups in total. The second-order valence-corrected chi connectivity index (χ2v) is 10.1. The van der Waals surface area contributed by atoms with Crippen LogP contribution in [0.2, 0.25) is 5.02 Å². The second kappa shape index (κ2) is 9.09. The van der Waals surface area contributed by atoms with E-state index in [-0.39, 0.29) is 18.2 Å². The minimum absolute atomic E-state index is 0.134. The Morgan fingerprint density at radius 2 is 2.03 bits per heavy atom. The van der Waals surface area contributed by atoms with E-state index in [0.29, 0.717) is 11.4 Å². The summed E-state index contributed by atoms with van der Waals surface area (Å²) in [6, 6.07) is 14.8. The average Bonchev–Trinajstić information content (AvgIpc) is 3.54. The molecule has 0 spiro atoms. The number of halogens is 1. The van der Waals surface area contributed by atoms with E-state index in [4.69, 9.17) is 16.3 Å². The summed E-state index contributed by atoms with van der Waals surface area (Å²) in [7, 11) is 1.59. The molecule has 6 rings (SSSR count). The fraction of sp³-hybridized carbons (Fsp3) is 0.240. The fourth-order valence-corrected chi connectivity index (χ4v) is 6.34. The van der Waals surface area contributed by atoms with Crippen LogP contribution in [0.1, 0.15) is 22.0 Å². The number of anilines is 3. The molecule has 0 bridgehead atoms. The molecule has 180 valence electrons. The third-order valence-electron chi connectivity index (χ3n) is 6.54. The summed E-state index contributed by atoms with van der Waals surface area (Å²) in [6.07, 6.45) is 4.30. The zero-order valence-corrected chi connectivity index (χ0v) is 20.6. The number of amides is 2. The van der Waals surface area contributed by atoms with Gasteiger partial charge in [0.15, 0.2) is 0 Å². The molecular formula is C25H25ClN6O2S. The fourth-order valence-electron chi connectivity index (χ4n) is 4.89. The molecule has 2 atom stereocenters. The molecule has 2 aliphatic heterocycles. The van der Waals surface area contributed by atoms with Crippen LogP contribution in [0.5, 0.6) is 5.75 Å². The first-order chi connectivity index (χ1) is 17.1. The summed E-state index contributed by atoms with van der Waals surface area (Å²) in [5, 5.41) is 8.02. The van der Waals surface area contributed by atoms with Crippen molar-refractivity contribution >= 4 is 51.4 Å². The SMILES string of the molecule is COc1ccccc1NC(=O)NC1C=Cc2sc3c(c21)CN(c1ccc(Cl)cc1)CC1NNCN31. The molecule has 1 saturated heterocycles. The van der Waals surface area contributed by atoms with E-state index in [1.54, 1.807) is 18.4 Å². The van der Waals surface area contributed by atoms with Gasteiger partial charge in [0, 0.05) is 33.3 Å². The lowest BCUT2D eigenvalue weighted by Gasteiger charge is -2.27. The minimum Gasteiger partial charge on any atom is -0.495 e. The Morgan fingerprint density at radius 3 is 2.86 bits per heavy atom. The topological polar surface area (TPSA) is 80.9 Å². The number of hydrogen-bond donors (Lipinski definition) is 4. The van der Waals surface area contributed by atoms with Crippen LogP contribution in [-0.2, 0) is 6.54 Å². The van der Waals surface area contributed by atoms with Gasteiger partial charge >= 0.3 is 6.03 Å². The number of rotatable bonds is 4. The zero-order chi connectivity index (χ0) is 23.9. The van der Waals surface area contributed by atoms with Crippen molar-refractivity contribution in [1.29, 1.82) is 0 Å². The lowest BCUT2D eigenvalue weighted by molar-refractivity contribution is 0.250. The number of benzene rings is 2. The number of carbonyl (C=O) groups is 1. The van der Waals surface area contributed by atoms with Gasteiger partial charge in [-0.25, -0.2) is 15.6 Å². The number of urea groups is 1. The van der Waals surface area contributed by atoms with Crippen LogP contribution in [0, 0.1) is 0 Å². The van der Waals surface area contributed by atoms with Gasteiger partial charge in [-0.05, 0) is 42.5 Å². The summed E-state index contributed by atoms with van der Waals surface area (Å²) >= 11 is 7.92. The van der Waals surface area contributed by atoms with E-state index in [1.807, 2.05) is 36.4 Å². The van der Waals surface area contributed by atoms with Gasteiger partial charge in [-0.3, -0.25) is 0 Å². The van der Waals surface area contributed by atoms with Crippen molar-refractivity contribution in [1.82, 2.24) is 16.2 Å². The average molecular weight is 509 g/mol. The highest BCUT2D eigenvalue weighted by molar-refractivity contribution is 7.17. The first-order valence-corrected chi connectivity index (χ1v) is 12.6. The van der Waals surface area contributed by atoms with Gasteiger partial charge in [-0.15, -0.1) is 11.3 Å². The largest absolute Gasteiger partial charge is 0.495 e. The van der Waals surface area contributed by atoms with Crippen LogP contribution in [0.3, 0.4) is 0 Å². The van der Waals surface area contributed by atoms with Crippen molar-refractivity contribution in [3.63, 3.8) is 0 Å². The molecule has 8 nitrogen and oxygen atoms in total. The first-order valence-electron chi connectivity index (χ1n) is 11.4. The second-order valence-electron chi connectivity index (χ2n) is 8.62. The summed E-state index contributed by atoms with van der Waals surface area (Å²) in [6.45, 7) is 2.28. The van der Waals surface area contributed by atoms with E-state index in [2.05, 4.69) is 55.6 Å². The molecule has 3 heterocycles. The van der Waals surface area contributed by atoms with Gasteiger partial charge in [-0.1, -0.05) is 29.8 Å². The van der Waals surface area contributed by atoms with Crippen LogP contribution < -0.4 is 36.0 Å². The smallest absolute Gasteiger partial charge is 0.320 e. The Labute approximate surface area is 212 Å². The number of ether oxygens (including phenoxy) is 1. The van der Waals surface area contributed by atoms with Crippen LogP contribution in [0.25, 0.3) is 6.08 Å². The van der Waals surface area contributed by atoms with Crippen LogP contribution >= 0.6 is 22.9 Å². The Balaban J connectivity index is 1.29. The number of hydrogen-bond acceptors (Lipinski definition) is 7. The van der Waals surface area contributed by atoms with Crippen LogP contribution in [0.15, 0.2) is 54.6 Å². The van der Waals surface area contributed by atoms with Gasteiger partial charge in [0.25, 0.3) is 0 Å². The number of para-hydroxylation sites is 2. The van der Waals surface area contributed by atoms with Gasteiger partial charge in [0.2, 0.25) is 0 Å². The quantitative estimate of drug-likeness (QED) is 0.415. The Bertz CT molecular complexity index is 1290. The molecular weight excluding hydrogens is 484 g/mol. The zero-order valence-electron chi connectivity index (χ0n) is 19.0. The molecule has 2 unspecified atom stereocenters. The number of methoxy groups -OCH3 is 1. The van der Waals surface area contributed by atoms with Crippen LogP contribution in [-0.4, -0.2) is 32.5 Å². The minimum atomic E-state index is -0.275. The lowest BCUT2D eigenvalue weighted by Crippen LogP contribution is -2.44. The molecule has 1 aromatic heterocycles. The summed E-state index contributed by atoms with van der Waals surface area (Å²) in [5.74, 6) is 0.619. The van der Waals surface area contributed by atoms with Gasteiger partial charge in [-0.2, -0.15) is 0 Å². The maximum absolute atomic E-state index is 12.9. The Hall–Kier alpha value is -3.24. The molecule has 1 fully saturated rings. The summed E-state index contributed by atoms with van der Waals surface area (Å²) < 4.78 is 5.36. The summed E-state index contributed by atoms with van der Waals surface area (Å²) in [4.78, 5) is 18.9. The monoisotopic (exact) mass is 508 g/mol. The van der Waals surface area contributed by atoms with Gasteiger partial charge < -0.3 is 25.2 Å². The van der Waals surface area contributed by atoms with Crippen molar-refractivity contribution in [2.75, 3.05) is 35.4 Å². The van der Waals surface area contributed by atoms with Gasteiger partial charge in [0.05, 0.1) is 37.1 Å². The van der Waals surface area contributed by atoms with E-state index in [1.165, 1.54) is 15.4 Å². The number of hydrazine groups is 1. The summed E-state index contributed by atoms with van der Waals surface area (Å²) in [5.41, 5.74) is 10.8. The molecule has 35 heavy (non-hydrogen) atoms. The predicted octanol–water partition coefficient (Wildman–Crippen LogP) is 4.52. The van der Waals surface area contributed by atoms with Crippen LogP contribution in [0.4, 0.5) is 21.2 Å². The first kappa shape index (κ1) is 22.2. The number of nitrogens with zero attached hydrogens (tertiary/aromatic N) is 2. The molecule has 10 heteroatoms. The van der Waals surface area contributed by atoms with E-state index >= 15 is 0 Å².